The molecule has 1 aromatic heterocycles. The second-order valence-electron chi connectivity index (χ2n) is 7.78. The molecule has 0 aliphatic heterocycles. The zero-order valence-electron chi connectivity index (χ0n) is 18.9. The largest absolute Gasteiger partial charge is 0.494 e. The fourth-order valence-electron chi connectivity index (χ4n) is 3.98. The van der Waals surface area contributed by atoms with Crippen molar-refractivity contribution in [1.82, 2.24) is 4.57 Å². The van der Waals surface area contributed by atoms with Crippen LogP contribution in [0.2, 0.25) is 0 Å². The lowest BCUT2D eigenvalue weighted by Crippen LogP contribution is -2.13. The molecule has 0 atom stereocenters. The Labute approximate surface area is 193 Å². The fraction of sp³-hybridized carbons (Fsp3) is 0.143. The standard InChI is InChI=1S/C28H25N3O2/c1-4-33-27-11-7-10-25(17-27)30-28(32)24(18-29)15-23-14-19(2)31(20(23)3)26-13-12-21-8-5-6-9-22(21)16-26/h5-17H,4H2,1-3H3,(H,30,32)/b24-15-. The van der Waals surface area contributed by atoms with E-state index in [0.717, 1.165) is 28.0 Å². The van der Waals surface area contributed by atoms with Gasteiger partial charge in [0, 0.05) is 28.8 Å². The van der Waals surface area contributed by atoms with Crippen molar-refractivity contribution in [1.29, 1.82) is 5.26 Å². The van der Waals surface area contributed by atoms with E-state index < -0.39 is 5.91 Å². The van der Waals surface area contributed by atoms with Crippen LogP contribution in [0.1, 0.15) is 23.9 Å². The number of aryl methyl sites for hydroxylation is 1. The van der Waals surface area contributed by atoms with Gasteiger partial charge in [0.05, 0.1) is 6.61 Å². The molecule has 1 amide bonds. The van der Waals surface area contributed by atoms with Gasteiger partial charge in [0.2, 0.25) is 0 Å². The Morgan fingerprint density at radius 1 is 1.03 bits per heavy atom. The van der Waals surface area contributed by atoms with E-state index in [0.29, 0.717) is 18.0 Å². The minimum absolute atomic E-state index is 0.0376. The Morgan fingerprint density at radius 2 is 1.82 bits per heavy atom. The molecule has 1 N–H and O–H groups in total. The smallest absolute Gasteiger partial charge is 0.266 e. The van der Waals surface area contributed by atoms with E-state index in [1.807, 2.05) is 51.1 Å². The van der Waals surface area contributed by atoms with Crippen LogP contribution >= 0.6 is 0 Å². The Hall–Kier alpha value is -4.30. The summed E-state index contributed by atoms with van der Waals surface area (Å²) in [6, 6.07) is 25.7. The molecule has 164 valence electrons. The van der Waals surface area contributed by atoms with E-state index >= 15 is 0 Å². The highest BCUT2D eigenvalue weighted by atomic mass is 16.5. The first-order valence-electron chi connectivity index (χ1n) is 10.8. The van der Waals surface area contributed by atoms with Gasteiger partial charge in [0.25, 0.3) is 5.91 Å². The SMILES string of the molecule is CCOc1cccc(NC(=O)/C(C#N)=C\c2cc(C)n(-c3ccc4ccccc4c3)c2C)c1. The number of nitrogens with zero attached hydrogens (tertiary/aromatic N) is 2. The van der Waals surface area contributed by atoms with Crippen molar-refractivity contribution in [2.24, 2.45) is 0 Å². The van der Waals surface area contributed by atoms with Crippen LogP contribution in [-0.2, 0) is 4.79 Å². The summed E-state index contributed by atoms with van der Waals surface area (Å²) in [5, 5.41) is 14.8. The normalized spacial score (nSPS) is 11.3. The number of hydrogen-bond donors (Lipinski definition) is 1. The van der Waals surface area contributed by atoms with E-state index in [2.05, 4.69) is 40.2 Å². The van der Waals surface area contributed by atoms with E-state index in [-0.39, 0.29) is 5.57 Å². The number of anilines is 1. The lowest BCUT2D eigenvalue weighted by Gasteiger charge is -2.11. The molecule has 5 nitrogen and oxygen atoms in total. The van der Waals surface area contributed by atoms with Gasteiger partial charge in [-0.3, -0.25) is 4.79 Å². The lowest BCUT2D eigenvalue weighted by atomic mass is 10.1. The summed E-state index contributed by atoms with van der Waals surface area (Å²) in [6.07, 6.45) is 1.64. The van der Waals surface area contributed by atoms with E-state index in [1.165, 1.54) is 5.39 Å². The molecular weight excluding hydrogens is 410 g/mol. The van der Waals surface area contributed by atoms with Crippen LogP contribution in [0.4, 0.5) is 5.69 Å². The fourth-order valence-corrected chi connectivity index (χ4v) is 3.98. The zero-order chi connectivity index (χ0) is 23.4. The maximum Gasteiger partial charge on any atom is 0.266 e. The van der Waals surface area contributed by atoms with E-state index in [1.54, 1.807) is 24.3 Å². The predicted octanol–water partition coefficient (Wildman–Crippen LogP) is 6.19. The summed E-state index contributed by atoms with van der Waals surface area (Å²) >= 11 is 0. The van der Waals surface area contributed by atoms with E-state index in [9.17, 15) is 10.1 Å². The summed E-state index contributed by atoms with van der Waals surface area (Å²) in [5.41, 5.74) is 4.47. The van der Waals surface area contributed by atoms with Crippen molar-refractivity contribution >= 4 is 28.4 Å². The summed E-state index contributed by atoms with van der Waals surface area (Å²) in [5.74, 6) is 0.207. The molecule has 0 saturated heterocycles. The van der Waals surface area contributed by atoms with Gasteiger partial charge >= 0.3 is 0 Å². The van der Waals surface area contributed by atoms with E-state index in [4.69, 9.17) is 4.74 Å². The van der Waals surface area contributed by atoms with Crippen molar-refractivity contribution < 1.29 is 9.53 Å². The topological polar surface area (TPSA) is 67.0 Å². The lowest BCUT2D eigenvalue weighted by molar-refractivity contribution is -0.112. The minimum Gasteiger partial charge on any atom is -0.494 e. The van der Waals surface area contributed by atoms with Gasteiger partial charge in [-0.25, -0.2) is 0 Å². The number of ether oxygens (including phenoxy) is 1. The van der Waals surface area contributed by atoms with Crippen molar-refractivity contribution in [3.8, 4) is 17.5 Å². The van der Waals surface area contributed by atoms with Crippen molar-refractivity contribution in [3.05, 3.63) is 95.3 Å². The molecule has 5 heteroatoms. The molecule has 0 fully saturated rings. The van der Waals surface area contributed by atoms with Gasteiger partial charge in [0.1, 0.15) is 17.4 Å². The number of aromatic nitrogens is 1. The zero-order valence-corrected chi connectivity index (χ0v) is 18.9. The van der Waals surface area contributed by atoms with Crippen LogP contribution in [0.3, 0.4) is 0 Å². The molecule has 3 aromatic carbocycles. The second-order valence-corrected chi connectivity index (χ2v) is 7.78. The second kappa shape index (κ2) is 9.46. The molecule has 1 heterocycles. The number of hydrogen-bond acceptors (Lipinski definition) is 3. The number of carbonyl (C=O) groups is 1. The van der Waals surface area contributed by atoms with Crippen molar-refractivity contribution in [3.63, 3.8) is 0 Å². The third kappa shape index (κ3) is 4.65. The third-order valence-corrected chi connectivity index (χ3v) is 5.53. The van der Waals surface area contributed by atoms with Gasteiger partial charge in [-0.05, 0) is 73.5 Å². The Kier molecular flexibility index (Phi) is 6.28. The molecule has 0 radical (unpaired) electrons. The van der Waals surface area contributed by atoms with Gasteiger partial charge in [-0.15, -0.1) is 0 Å². The van der Waals surface area contributed by atoms with Gasteiger partial charge in [-0.2, -0.15) is 5.26 Å². The molecule has 0 spiro atoms. The maximum atomic E-state index is 12.8. The highest BCUT2D eigenvalue weighted by Gasteiger charge is 2.14. The summed E-state index contributed by atoms with van der Waals surface area (Å²) < 4.78 is 7.61. The van der Waals surface area contributed by atoms with Crippen molar-refractivity contribution in [2.45, 2.75) is 20.8 Å². The van der Waals surface area contributed by atoms with Gasteiger partial charge in [0.15, 0.2) is 0 Å². The third-order valence-electron chi connectivity index (χ3n) is 5.53. The average Bonchev–Trinajstić information content (AvgIpc) is 3.10. The number of carbonyl (C=O) groups excluding carboxylic acids is 1. The van der Waals surface area contributed by atoms with Crippen LogP contribution < -0.4 is 10.1 Å². The van der Waals surface area contributed by atoms with Gasteiger partial charge < -0.3 is 14.6 Å². The van der Waals surface area contributed by atoms with Crippen molar-refractivity contribution in [2.75, 3.05) is 11.9 Å². The number of nitriles is 1. The first kappa shape index (κ1) is 21.9. The monoisotopic (exact) mass is 435 g/mol. The van der Waals surface area contributed by atoms with Crippen LogP contribution in [-0.4, -0.2) is 17.1 Å². The molecular formula is C28H25N3O2. The number of rotatable bonds is 6. The summed E-state index contributed by atoms with van der Waals surface area (Å²) in [7, 11) is 0. The molecule has 0 aliphatic rings. The number of fused-ring (bicyclic) bond motifs is 1. The molecule has 0 saturated carbocycles. The Morgan fingerprint density at radius 3 is 2.58 bits per heavy atom. The molecule has 4 aromatic rings. The molecule has 0 bridgehead atoms. The highest BCUT2D eigenvalue weighted by Crippen LogP contribution is 2.26. The molecule has 0 unspecified atom stereocenters. The first-order valence-corrected chi connectivity index (χ1v) is 10.8. The Bertz CT molecular complexity index is 1410. The molecule has 4 rings (SSSR count). The summed E-state index contributed by atoms with van der Waals surface area (Å²) in [6.45, 7) is 6.45. The number of amides is 1. The first-order chi connectivity index (χ1) is 16.0. The maximum absolute atomic E-state index is 12.8. The van der Waals surface area contributed by atoms with Crippen LogP contribution in [0.5, 0.6) is 5.75 Å². The average molecular weight is 436 g/mol. The molecule has 33 heavy (non-hydrogen) atoms. The number of nitrogens with one attached hydrogen (secondary N) is 1. The Balaban J connectivity index is 1.64. The quantitative estimate of drug-likeness (QED) is 0.290. The minimum atomic E-state index is -0.457. The van der Waals surface area contributed by atoms with Crippen LogP contribution in [0, 0.1) is 25.2 Å². The number of benzene rings is 3. The van der Waals surface area contributed by atoms with Crippen LogP contribution in [0.25, 0.3) is 22.5 Å². The molecule has 0 aliphatic carbocycles. The van der Waals surface area contributed by atoms with Crippen LogP contribution in [0.15, 0.2) is 78.4 Å². The highest BCUT2D eigenvalue weighted by molar-refractivity contribution is 6.09. The predicted molar refractivity (Wildman–Crippen MR) is 133 cm³/mol. The van der Waals surface area contributed by atoms with Gasteiger partial charge in [-0.1, -0.05) is 36.4 Å². The summed E-state index contributed by atoms with van der Waals surface area (Å²) in [4.78, 5) is 12.8.